The Morgan fingerprint density at radius 2 is 1.72 bits per heavy atom. The van der Waals surface area contributed by atoms with Gasteiger partial charge in [0.05, 0.1) is 12.7 Å². The lowest BCUT2D eigenvalue weighted by Crippen LogP contribution is -2.49. The van der Waals surface area contributed by atoms with Crippen molar-refractivity contribution in [3.8, 4) is 0 Å². The van der Waals surface area contributed by atoms with Crippen molar-refractivity contribution in [2.24, 2.45) is 0 Å². The number of carbonyl (C=O) groups is 1. The van der Waals surface area contributed by atoms with Crippen LogP contribution in [0.15, 0.2) is 24.7 Å². The van der Waals surface area contributed by atoms with Crippen molar-refractivity contribution in [1.29, 1.82) is 0 Å². The van der Waals surface area contributed by atoms with Crippen LogP contribution in [0.1, 0.15) is 27.5 Å². The SMILES string of the molecule is O=C(c1cnc(CN2CCCC2)s1)N1CCN(c2ncccn2)CC1. The minimum absolute atomic E-state index is 0.0961. The molecule has 0 unspecified atom stereocenters. The molecule has 0 saturated carbocycles. The molecule has 2 aliphatic rings. The number of carbonyl (C=O) groups excluding carboxylic acids is 1. The van der Waals surface area contributed by atoms with Gasteiger partial charge in [-0.3, -0.25) is 9.69 Å². The molecule has 0 radical (unpaired) electrons. The molecule has 8 heteroatoms. The predicted molar refractivity (Wildman–Crippen MR) is 96.8 cm³/mol. The van der Waals surface area contributed by atoms with Crippen molar-refractivity contribution in [3.63, 3.8) is 0 Å². The molecule has 0 bridgehead atoms. The lowest BCUT2D eigenvalue weighted by atomic mass is 10.3. The quantitative estimate of drug-likeness (QED) is 0.825. The number of hydrogen-bond acceptors (Lipinski definition) is 7. The Bertz CT molecular complexity index is 707. The number of aromatic nitrogens is 3. The Morgan fingerprint density at radius 1 is 1.00 bits per heavy atom. The summed E-state index contributed by atoms with van der Waals surface area (Å²) in [5.74, 6) is 0.832. The van der Waals surface area contributed by atoms with Crippen LogP contribution in [0.3, 0.4) is 0 Å². The highest BCUT2D eigenvalue weighted by atomic mass is 32.1. The zero-order valence-electron chi connectivity index (χ0n) is 14.2. The Balaban J connectivity index is 1.33. The van der Waals surface area contributed by atoms with Crippen molar-refractivity contribution in [2.45, 2.75) is 19.4 Å². The van der Waals surface area contributed by atoms with E-state index in [-0.39, 0.29) is 5.91 Å². The molecule has 0 aliphatic carbocycles. The summed E-state index contributed by atoms with van der Waals surface area (Å²) in [5.41, 5.74) is 0. The van der Waals surface area contributed by atoms with Gasteiger partial charge in [0.2, 0.25) is 5.95 Å². The van der Waals surface area contributed by atoms with Gasteiger partial charge < -0.3 is 9.80 Å². The molecule has 2 saturated heterocycles. The molecule has 2 aliphatic heterocycles. The first-order valence-corrected chi connectivity index (χ1v) is 9.59. The normalized spacial score (nSPS) is 18.7. The Labute approximate surface area is 151 Å². The first-order chi connectivity index (χ1) is 12.3. The fraction of sp³-hybridized carbons (Fsp3) is 0.529. The second-order valence-corrected chi connectivity index (χ2v) is 7.54. The lowest BCUT2D eigenvalue weighted by molar-refractivity contribution is 0.0751. The molecule has 0 N–H and O–H groups in total. The third kappa shape index (κ3) is 3.80. The average molecular weight is 358 g/mol. The standard InChI is InChI=1S/C17H22N6OS/c24-16(14-12-20-15(25-14)13-21-6-1-2-7-21)22-8-10-23(11-9-22)17-18-4-3-5-19-17/h3-5,12H,1-2,6-11,13H2. The topological polar surface area (TPSA) is 65.5 Å². The molecule has 2 aromatic rings. The molecular formula is C17H22N6OS. The summed E-state index contributed by atoms with van der Waals surface area (Å²) in [6, 6.07) is 1.81. The summed E-state index contributed by atoms with van der Waals surface area (Å²) in [5, 5.41) is 1.04. The monoisotopic (exact) mass is 358 g/mol. The number of likely N-dealkylation sites (tertiary alicyclic amines) is 1. The second kappa shape index (κ2) is 7.45. The number of anilines is 1. The molecule has 7 nitrogen and oxygen atoms in total. The third-order valence-corrected chi connectivity index (χ3v) is 5.69. The zero-order valence-corrected chi connectivity index (χ0v) is 15.0. The average Bonchev–Trinajstić information content (AvgIpc) is 3.35. The van der Waals surface area contributed by atoms with Crippen LogP contribution in [0, 0.1) is 0 Å². The van der Waals surface area contributed by atoms with E-state index < -0.39 is 0 Å². The minimum Gasteiger partial charge on any atom is -0.337 e. The van der Waals surface area contributed by atoms with Gasteiger partial charge >= 0.3 is 0 Å². The first kappa shape index (κ1) is 16.4. The van der Waals surface area contributed by atoms with Gasteiger partial charge in [0, 0.05) is 38.6 Å². The van der Waals surface area contributed by atoms with Crippen LogP contribution in [0.4, 0.5) is 5.95 Å². The van der Waals surface area contributed by atoms with Gasteiger partial charge in [-0.25, -0.2) is 15.0 Å². The van der Waals surface area contributed by atoms with E-state index in [1.165, 1.54) is 24.2 Å². The molecule has 0 atom stereocenters. The zero-order chi connectivity index (χ0) is 17.1. The van der Waals surface area contributed by atoms with Gasteiger partial charge in [0.1, 0.15) is 9.88 Å². The van der Waals surface area contributed by atoms with E-state index in [4.69, 9.17) is 0 Å². The van der Waals surface area contributed by atoms with Gasteiger partial charge in [-0.05, 0) is 32.0 Å². The van der Waals surface area contributed by atoms with Crippen molar-refractivity contribution in [1.82, 2.24) is 24.8 Å². The summed E-state index contributed by atoms with van der Waals surface area (Å²) in [6.07, 6.45) is 7.78. The highest BCUT2D eigenvalue weighted by Gasteiger charge is 2.25. The van der Waals surface area contributed by atoms with E-state index >= 15 is 0 Å². The number of piperazine rings is 1. The molecule has 0 aromatic carbocycles. The predicted octanol–water partition coefficient (Wildman–Crippen LogP) is 1.49. The van der Waals surface area contributed by atoms with Crippen LogP contribution >= 0.6 is 11.3 Å². The summed E-state index contributed by atoms with van der Waals surface area (Å²) < 4.78 is 0. The van der Waals surface area contributed by atoms with Crippen molar-refractivity contribution >= 4 is 23.2 Å². The summed E-state index contributed by atoms with van der Waals surface area (Å²) in [7, 11) is 0. The van der Waals surface area contributed by atoms with Crippen LogP contribution in [-0.4, -0.2) is 69.9 Å². The van der Waals surface area contributed by atoms with E-state index in [0.717, 1.165) is 48.6 Å². The molecule has 2 fully saturated rings. The Morgan fingerprint density at radius 3 is 2.44 bits per heavy atom. The molecular weight excluding hydrogens is 336 g/mol. The van der Waals surface area contributed by atoms with E-state index in [2.05, 4.69) is 24.8 Å². The fourth-order valence-electron chi connectivity index (χ4n) is 3.33. The maximum absolute atomic E-state index is 12.7. The van der Waals surface area contributed by atoms with Crippen LogP contribution in [0.5, 0.6) is 0 Å². The van der Waals surface area contributed by atoms with Crippen molar-refractivity contribution in [2.75, 3.05) is 44.2 Å². The lowest BCUT2D eigenvalue weighted by Gasteiger charge is -2.34. The molecule has 25 heavy (non-hydrogen) atoms. The first-order valence-electron chi connectivity index (χ1n) is 8.78. The van der Waals surface area contributed by atoms with Crippen molar-refractivity contribution < 1.29 is 4.79 Å². The molecule has 4 heterocycles. The molecule has 0 spiro atoms. The number of hydrogen-bond donors (Lipinski definition) is 0. The maximum atomic E-state index is 12.7. The van der Waals surface area contributed by atoms with Gasteiger partial charge in [-0.1, -0.05) is 0 Å². The summed E-state index contributed by atoms with van der Waals surface area (Å²) in [6.45, 7) is 6.06. The number of rotatable bonds is 4. The third-order valence-electron chi connectivity index (χ3n) is 4.72. The van der Waals surface area contributed by atoms with Crippen LogP contribution < -0.4 is 4.90 Å². The van der Waals surface area contributed by atoms with E-state index in [1.54, 1.807) is 18.6 Å². The largest absolute Gasteiger partial charge is 0.337 e. The highest BCUT2D eigenvalue weighted by molar-refractivity contribution is 7.13. The van der Waals surface area contributed by atoms with Crippen LogP contribution in [0.25, 0.3) is 0 Å². The Hall–Kier alpha value is -2.06. The fourth-order valence-corrected chi connectivity index (χ4v) is 4.26. The van der Waals surface area contributed by atoms with E-state index in [9.17, 15) is 4.79 Å². The number of amides is 1. The Kier molecular flexibility index (Phi) is 4.89. The van der Waals surface area contributed by atoms with Crippen LogP contribution in [-0.2, 0) is 6.54 Å². The van der Waals surface area contributed by atoms with Gasteiger partial charge in [0.25, 0.3) is 5.91 Å². The maximum Gasteiger partial charge on any atom is 0.265 e. The summed E-state index contributed by atoms with van der Waals surface area (Å²) >= 11 is 1.54. The van der Waals surface area contributed by atoms with Gasteiger partial charge in [0.15, 0.2) is 0 Å². The van der Waals surface area contributed by atoms with E-state index in [1.807, 2.05) is 11.0 Å². The van der Waals surface area contributed by atoms with Gasteiger partial charge in [-0.2, -0.15) is 0 Å². The highest BCUT2D eigenvalue weighted by Crippen LogP contribution is 2.20. The smallest absolute Gasteiger partial charge is 0.265 e. The van der Waals surface area contributed by atoms with E-state index in [0.29, 0.717) is 13.1 Å². The summed E-state index contributed by atoms with van der Waals surface area (Å²) in [4.78, 5) is 32.9. The number of nitrogens with zero attached hydrogens (tertiary/aromatic N) is 6. The molecule has 4 rings (SSSR count). The number of thiazole rings is 1. The van der Waals surface area contributed by atoms with Crippen LogP contribution in [0.2, 0.25) is 0 Å². The molecule has 132 valence electrons. The molecule has 2 aromatic heterocycles. The van der Waals surface area contributed by atoms with Crippen molar-refractivity contribution in [3.05, 3.63) is 34.5 Å². The molecule has 1 amide bonds. The minimum atomic E-state index is 0.0961. The van der Waals surface area contributed by atoms with Gasteiger partial charge in [-0.15, -0.1) is 11.3 Å². The second-order valence-electron chi connectivity index (χ2n) is 6.43.